The molecule has 0 aliphatic carbocycles. The molecule has 1 saturated heterocycles. The predicted octanol–water partition coefficient (Wildman–Crippen LogP) is 3.41. The first kappa shape index (κ1) is 23.7. The molecule has 2 amide bonds. The van der Waals surface area contributed by atoms with E-state index in [9.17, 15) is 14.4 Å². The second-order valence-electron chi connectivity index (χ2n) is 9.16. The van der Waals surface area contributed by atoms with Crippen molar-refractivity contribution in [1.29, 1.82) is 0 Å². The van der Waals surface area contributed by atoms with Gasteiger partial charge in [-0.05, 0) is 56.0 Å². The zero-order valence-electron chi connectivity index (χ0n) is 20.3. The van der Waals surface area contributed by atoms with Crippen LogP contribution in [0.2, 0.25) is 0 Å². The number of carbonyl (C=O) groups is 2. The summed E-state index contributed by atoms with van der Waals surface area (Å²) in [6.45, 7) is 4.40. The number of aromatic nitrogens is 2. The lowest BCUT2D eigenvalue weighted by molar-refractivity contribution is -0.136. The van der Waals surface area contributed by atoms with Crippen molar-refractivity contribution in [2.24, 2.45) is 0 Å². The van der Waals surface area contributed by atoms with Gasteiger partial charge in [0.15, 0.2) is 0 Å². The van der Waals surface area contributed by atoms with Crippen LogP contribution in [-0.2, 0) is 20.9 Å². The Hall–Kier alpha value is -3.98. The fourth-order valence-electron chi connectivity index (χ4n) is 4.51. The molecule has 0 spiro atoms. The van der Waals surface area contributed by atoms with Crippen molar-refractivity contribution in [3.8, 4) is 0 Å². The number of carbonyl (C=O) groups excluding carboxylic acids is 2. The Morgan fingerprint density at radius 3 is 2.81 bits per heavy atom. The number of amides is 2. The standard InChI is InChI=1S/C27H28N4O5/c1-17-7-5-10-21(18(17)2)29-23(32)14-30(13-19-8-6-12-35-19)24(33)15-31-16-28-25-20-9-3-4-11-22(20)36-26(25)27(31)34/h3-5,7,9-11,16,19H,6,8,12-15H2,1-2H3,(H,29,32). The van der Waals surface area contributed by atoms with E-state index < -0.39 is 5.56 Å². The average molecular weight is 489 g/mol. The zero-order chi connectivity index (χ0) is 25.2. The van der Waals surface area contributed by atoms with Crippen LogP contribution in [0.4, 0.5) is 5.69 Å². The normalized spacial score (nSPS) is 15.4. The Balaban J connectivity index is 1.37. The molecule has 36 heavy (non-hydrogen) atoms. The molecule has 1 fully saturated rings. The van der Waals surface area contributed by atoms with E-state index in [0.29, 0.717) is 23.4 Å². The number of nitrogens with one attached hydrogen (secondary N) is 1. The van der Waals surface area contributed by atoms with Crippen molar-refractivity contribution in [2.45, 2.75) is 39.3 Å². The number of hydrogen-bond acceptors (Lipinski definition) is 6. The highest BCUT2D eigenvalue weighted by molar-refractivity contribution is 6.01. The lowest BCUT2D eigenvalue weighted by Crippen LogP contribution is -2.44. The zero-order valence-corrected chi connectivity index (χ0v) is 20.3. The average Bonchev–Trinajstić information content (AvgIpc) is 3.51. The van der Waals surface area contributed by atoms with Gasteiger partial charge >= 0.3 is 0 Å². The molecule has 1 aliphatic rings. The third-order valence-electron chi connectivity index (χ3n) is 6.67. The van der Waals surface area contributed by atoms with Gasteiger partial charge in [0.25, 0.3) is 5.56 Å². The van der Waals surface area contributed by atoms with Crippen molar-refractivity contribution in [3.05, 3.63) is 70.3 Å². The van der Waals surface area contributed by atoms with Crippen LogP contribution in [0.3, 0.4) is 0 Å². The lowest BCUT2D eigenvalue weighted by atomic mass is 10.1. The Labute approximate surface area is 207 Å². The summed E-state index contributed by atoms with van der Waals surface area (Å²) in [4.78, 5) is 45.2. The maximum Gasteiger partial charge on any atom is 0.297 e. The van der Waals surface area contributed by atoms with E-state index in [4.69, 9.17) is 9.15 Å². The van der Waals surface area contributed by atoms with E-state index in [1.165, 1.54) is 15.8 Å². The quantitative estimate of drug-likeness (QED) is 0.427. The van der Waals surface area contributed by atoms with Crippen LogP contribution in [0.5, 0.6) is 0 Å². The molecule has 0 bridgehead atoms. The molecule has 3 heterocycles. The number of para-hydroxylation sites is 1. The fourth-order valence-corrected chi connectivity index (χ4v) is 4.51. The highest BCUT2D eigenvalue weighted by atomic mass is 16.5. The Bertz CT molecular complexity index is 1500. The molecule has 1 unspecified atom stereocenters. The lowest BCUT2D eigenvalue weighted by Gasteiger charge is -2.25. The van der Waals surface area contributed by atoms with Gasteiger partial charge in [-0.2, -0.15) is 0 Å². The molecular weight excluding hydrogens is 460 g/mol. The minimum atomic E-state index is -0.443. The minimum absolute atomic E-state index is 0.102. The highest BCUT2D eigenvalue weighted by Gasteiger charge is 2.25. The molecule has 2 aromatic heterocycles. The number of aryl methyl sites for hydroxylation is 1. The second kappa shape index (κ2) is 9.94. The molecule has 5 rings (SSSR count). The van der Waals surface area contributed by atoms with Crippen LogP contribution in [0, 0.1) is 13.8 Å². The van der Waals surface area contributed by atoms with Crippen LogP contribution in [0.15, 0.2) is 58.0 Å². The third kappa shape index (κ3) is 4.74. The minimum Gasteiger partial charge on any atom is -0.448 e. The van der Waals surface area contributed by atoms with Crippen LogP contribution >= 0.6 is 0 Å². The maximum atomic E-state index is 13.3. The van der Waals surface area contributed by atoms with Crippen LogP contribution in [0.1, 0.15) is 24.0 Å². The van der Waals surface area contributed by atoms with E-state index in [-0.39, 0.29) is 43.1 Å². The van der Waals surface area contributed by atoms with Gasteiger partial charge in [0.05, 0.1) is 12.4 Å². The maximum absolute atomic E-state index is 13.3. The van der Waals surface area contributed by atoms with Gasteiger partial charge in [-0.25, -0.2) is 4.98 Å². The molecule has 0 saturated carbocycles. The first-order valence-electron chi connectivity index (χ1n) is 12.0. The topological polar surface area (TPSA) is 107 Å². The number of fused-ring (bicyclic) bond motifs is 3. The van der Waals surface area contributed by atoms with Gasteiger partial charge in [-0.3, -0.25) is 19.0 Å². The molecule has 0 radical (unpaired) electrons. The Morgan fingerprint density at radius 1 is 1.17 bits per heavy atom. The van der Waals surface area contributed by atoms with Gasteiger partial charge in [-0.15, -0.1) is 0 Å². The van der Waals surface area contributed by atoms with Crippen LogP contribution < -0.4 is 10.9 Å². The number of hydrogen-bond donors (Lipinski definition) is 1. The van der Waals surface area contributed by atoms with Crippen molar-refractivity contribution in [2.75, 3.05) is 25.0 Å². The molecule has 9 nitrogen and oxygen atoms in total. The number of furan rings is 1. The van der Waals surface area contributed by atoms with Gasteiger partial charge in [0, 0.05) is 24.2 Å². The predicted molar refractivity (Wildman–Crippen MR) is 136 cm³/mol. The number of anilines is 1. The summed E-state index contributed by atoms with van der Waals surface area (Å²) in [6.07, 6.45) is 2.93. The van der Waals surface area contributed by atoms with Gasteiger partial charge in [0.1, 0.15) is 24.2 Å². The molecule has 1 N–H and O–H groups in total. The molecule has 2 aromatic carbocycles. The number of nitrogens with zero attached hydrogens (tertiary/aromatic N) is 3. The largest absolute Gasteiger partial charge is 0.448 e. The number of benzene rings is 2. The van der Waals surface area contributed by atoms with Gasteiger partial charge < -0.3 is 19.4 Å². The molecule has 1 aliphatic heterocycles. The summed E-state index contributed by atoms with van der Waals surface area (Å²) in [5, 5.41) is 3.65. The van der Waals surface area contributed by atoms with Crippen molar-refractivity contribution in [1.82, 2.24) is 14.5 Å². The second-order valence-corrected chi connectivity index (χ2v) is 9.16. The van der Waals surface area contributed by atoms with Crippen LogP contribution in [0.25, 0.3) is 22.1 Å². The molecule has 9 heteroatoms. The first-order valence-corrected chi connectivity index (χ1v) is 12.0. The van der Waals surface area contributed by atoms with Crippen LogP contribution in [-0.4, -0.2) is 52.1 Å². The van der Waals surface area contributed by atoms with Crippen molar-refractivity contribution >= 4 is 39.6 Å². The first-order chi connectivity index (χ1) is 17.4. The summed E-state index contributed by atoms with van der Waals surface area (Å²) in [7, 11) is 0. The molecule has 1 atom stereocenters. The molecular formula is C27H28N4O5. The number of rotatable bonds is 7. The van der Waals surface area contributed by atoms with E-state index in [1.54, 1.807) is 6.07 Å². The third-order valence-corrected chi connectivity index (χ3v) is 6.67. The van der Waals surface area contributed by atoms with Gasteiger partial charge in [-0.1, -0.05) is 24.3 Å². The summed E-state index contributed by atoms with van der Waals surface area (Å²) < 4.78 is 12.7. The van der Waals surface area contributed by atoms with E-state index in [1.807, 2.05) is 50.2 Å². The smallest absolute Gasteiger partial charge is 0.297 e. The highest BCUT2D eigenvalue weighted by Crippen LogP contribution is 2.24. The summed E-state index contributed by atoms with van der Waals surface area (Å²) in [5.74, 6) is -0.686. The van der Waals surface area contributed by atoms with Gasteiger partial charge in [0.2, 0.25) is 17.4 Å². The SMILES string of the molecule is Cc1cccc(NC(=O)CN(CC2CCCO2)C(=O)Cn2cnc3c(oc4ccccc43)c2=O)c1C. The van der Waals surface area contributed by atoms with Crippen molar-refractivity contribution in [3.63, 3.8) is 0 Å². The summed E-state index contributed by atoms with van der Waals surface area (Å²) in [5.41, 5.74) is 3.42. The number of ether oxygens (including phenoxy) is 1. The summed E-state index contributed by atoms with van der Waals surface area (Å²) in [6, 6.07) is 13.0. The molecule has 186 valence electrons. The van der Waals surface area contributed by atoms with E-state index in [0.717, 1.165) is 29.4 Å². The van der Waals surface area contributed by atoms with E-state index in [2.05, 4.69) is 10.3 Å². The van der Waals surface area contributed by atoms with Crippen molar-refractivity contribution < 1.29 is 18.7 Å². The fraction of sp³-hybridized carbons (Fsp3) is 0.333. The Morgan fingerprint density at radius 2 is 2.00 bits per heavy atom. The molecule has 4 aromatic rings. The monoisotopic (exact) mass is 488 g/mol. The van der Waals surface area contributed by atoms with E-state index >= 15 is 0 Å². The summed E-state index contributed by atoms with van der Waals surface area (Å²) >= 11 is 0. The Kier molecular flexibility index (Phi) is 6.56.